The molecule has 1 aliphatic heterocycles. The smallest absolute Gasteiger partial charge is 0.257 e. The number of hydrogen-bond donors (Lipinski definition) is 1. The van der Waals surface area contributed by atoms with Gasteiger partial charge in [0.2, 0.25) is 0 Å². The van der Waals surface area contributed by atoms with Gasteiger partial charge in [-0.1, -0.05) is 18.2 Å². The largest absolute Gasteiger partial charge is 0.496 e. The summed E-state index contributed by atoms with van der Waals surface area (Å²) in [6.45, 7) is 2.15. The molecule has 156 valence electrons. The molecule has 1 aliphatic rings. The summed E-state index contributed by atoms with van der Waals surface area (Å²) in [5.74, 6) is 0.646. The van der Waals surface area contributed by atoms with Gasteiger partial charge in [-0.05, 0) is 6.07 Å². The van der Waals surface area contributed by atoms with E-state index in [1.54, 1.807) is 18.8 Å². The number of nitrogens with zero attached hydrogens (tertiary/aromatic N) is 1. The molecule has 0 unspecified atom stereocenters. The van der Waals surface area contributed by atoms with E-state index in [-0.39, 0.29) is 30.4 Å². The molecule has 29 heavy (non-hydrogen) atoms. The Kier molecular flexibility index (Phi) is 7.26. The van der Waals surface area contributed by atoms with Crippen LogP contribution in [0.5, 0.6) is 11.5 Å². The number of amides is 1. The van der Waals surface area contributed by atoms with Crippen molar-refractivity contribution >= 4 is 5.91 Å². The Bertz CT molecular complexity index is 909. The molecular weight excluding hydrogens is 376 g/mol. The number of rotatable bonds is 8. The van der Waals surface area contributed by atoms with Crippen molar-refractivity contribution in [1.29, 1.82) is 0 Å². The lowest BCUT2D eigenvalue weighted by Crippen LogP contribution is -2.31. The Morgan fingerprint density at radius 1 is 1.17 bits per heavy atom. The van der Waals surface area contributed by atoms with Crippen molar-refractivity contribution in [3.05, 3.63) is 57.5 Å². The van der Waals surface area contributed by atoms with Crippen molar-refractivity contribution in [2.75, 3.05) is 40.6 Å². The summed E-state index contributed by atoms with van der Waals surface area (Å²) in [5.41, 5.74) is 1.63. The van der Waals surface area contributed by atoms with Gasteiger partial charge in [0.05, 0.1) is 26.9 Å². The summed E-state index contributed by atoms with van der Waals surface area (Å²) in [6.07, 6.45) is 0.453. The predicted octanol–water partition coefficient (Wildman–Crippen LogP) is 1.38. The lowest BCUT2D eigenvalue weighted by atomic mass is 10.1. The summed E-state index contributed by atoms with van der Waals surface area (Å²) >= 11 is 0. The molecule has 0 saturated heterocycles. The van der Waals surface area contributed by atoms with E-state index < -0.39 is 0 Å². The monoisotopic (exact) mass is 402 g/mol. The van der Waals surface area contributed by atoms with Gasteiger partial charge in [-0.25, -0.2) is 0 Å². The first-order chi connectivity index (χ1) is 14.2. The van der Waals surface area contributed by atoms with Gasteiger partial charge in [0.1, 0.15) is 23.7 Å². The molecule has 1 N–H and O–H groups in total. The number of methoxy groups -OCH3 is 2. The number of para-hydroxylation sites is 1. The molecule has 0 bridgehead atoms. The second kappa shape index (κ2) is 10.1. The zero-order chi connectivity index (χ0) is 20.6. The fraction of sp³-hybridized carbons (Fsp3) is 0.429. The van der Waals surface area contributed by atoms with E-state index in [9.17, 15) is 9.59 Å². The zero-order valence-corrected chi connectivity index (χ0v) is 16.7. The van der Waals surface area contributed by atoms with Crippen LogP contribution in [0.25, 0.3) is 0 Å². The fourth-order valence-corrected chi connectivity index (χ4v) is 3.31. The molecule has 1 aromatic heterocycles. The van der Waals surface area contributed by atoms with Crippen LogP contribution >= 0.6 is 0 Å². The molecule has 1 amide bonds. The normalized spacial score (nSPS) is 13.3. The van der Waals surface area contributed by atoms with Crippen LogP contribution < -0.4 is 20.3 Å². The van der Waals surface area contributed by atoms with Gasteiger partial charge in [-0.2, -0.15) is 0 Å². The van der Waals surface area contributed by atoms with E-state index >= 15 is 0 Å². The number of ether oxygens (including phenoxy) is 4. The second-order valence-electron chi connectivity index (χ2n) is 6.52. The molecule has 0 radical (unpaired) electrons. The highest BCUT2D eigenvalue weighted by atomic mass is 16.5. The highest BCUT2D eigenvalue weighted by Gasteiger charge is 2.24. The molecule has 0 fully saturated rings. The molecule has 2 heterocycles. The van der Waals surface area contributed by atoms with Crippen LogP contribution in [-0.4, -0.2) is 51.1 Å². The molecule has 1 aromatic carbocycles. The van der Waals surface area contributed by atoms with Crippen molar-refractivity contribution in [2.24, 2.45) is 0 Å². The van der Waals surface area contributed by atoms with Crippen LogP contribution in [0.15, 0.2) is 35.1 Å². The minimum atomic E-state index is -0.311. The molecule has 8 heteroatoms. The van der Waals surface area contributed by atoms with E-state index in [0.29, 0.717) is 49.8 Å². The standard InChI is InChI=1S/C21H26N2O6/c1-26-11-12-29-18-13-19(24)23-8-10-28-9-7-16(23)20(18)21(25)22-14-15-5-3-4-6-17(15)27-2/h3-6,13H,7-12,14H2,1-2H3,(H,22,25). The number of fused-ring (bicyclic) bond motifs is 1. The third-order valence-corrected chi connectivity index (χ3v) is 4.73. The molecule has 8 nitrogen and oxygen atoms in total. The molecule has 2 aromatic rings. The molecule has 0 atom stereocenters. The van der Waals surface area contributed by atoms with Crippen LogP contribution in [0.1, 0.15) is 21.6 Å². The summed E-state index contributed by atoms with van der Waals surface area (Å²) in [4.78, 5) is 25.7. The number of hydrogen-bond acceptors (Lipinski definition) is 6. The minimum Gasteiger partial charge on any atom is -0.496 e. The summed E-state index contributed by atoms with van der Waals surface area (Å²) < 4.78 is 23.2. The quantitative estimate of drug-likeness (QED) is 0.672. The fourth-order valence-electron chi connectivity index (χ4n) is 3.31. The van der Waals surface area contributed by atoms with Crippen LogP contribution in [0.3, 0.4) is 0 Å². The van der Waals surface area contributed by atoms with Gasteiger partial charge in [0, 0.05) is 43.9 Å². The number of carbonyl (C=O) groups is 1. The topological polar surface area (TPSA) is 88.0 Å². The molecule has 0 aliphatic carbocycles. The first kappa shape index (κ1) is 20.9. The average Bonchev–Trinajstić information content (AvgIpc) is 2.99. The maximum absolute atomic E-state index is 13.1. The first-order valence-corrected chi connectivity index (χ1v) is 9.52. The van der Waals surface area contributed by atoms with E-state index in [0.717, 1.165) is 5.56 Å². The van der Waals surface area contributed by atoms with E-state index in [4.69, 9.17) is 18.9 Å². The zero-order valence-electron chi connectivity index (χ0n) is 16.7. The average molecular weight is 402 g/mol. The maximum Gasteiger partial charge on any atom is 0.257 e. The van der Waals surface area contributed by atoms with Gasteiger partial charge >= 0.3 is 0 Å². The lowest BCUT2D eigenvalue weighted by molar-refractivity contribution is 0.0940. The summed E-state index contributed by atoms with van der Waals surface area (Å²) in [5, 5.41) is 2.92. The van der Waals surface area contributed by atoms with Crippen LogP contribution in [0, 0.1) is 0 Å². The van der Waals surface area contributed by atoms with Crippen molar-refractivity contribution in [1.82, 2.24) is 9.88 Å². The molecule has 3 rings (SSSR count). The first-order valence-electron chi connectivity index (χ1n) is 9.52. The third-order valence-electron chi connectivity index (χ3n) is 4.73. The molecule has 0 saturated carbocycles. The van der Waals surface area contributed by atoms with Crippen molar-refractivity contribution in [3.8, 4) is 11.5 Å². The third kappa shape index (κ3) is 4.96. The predicted molar refractivity (Wildman–Crippen MR) is 107 cm³/mol. The Hall–Kier alpha value is -2.84. The number of aromatic nitrogens is 1. The van der Waals surface area contributed by atoms with Gasteiger partial charge in [0.25, 0.3) is 11.5 Å². The summed E-state index contributed by atoms with van der Waals surface area (Å²) in [7, 11) is 3.15. The SMILES string of the molecule is COCCOc1cc(=O)n2c(c1C(=O)NCc1ccccc1OC)CCOCC2. The van der Waals surface area contributed by atoms with Crippen molar-refractivity contribution in [2.45, 2.75) is 19.5 Å². The Labute approximate surface area is 169 Å². The van der Waals surface area contributed by atoms with Crippen LogP contribution in [-0.2, 0) is 29.0 Å². The van der Waals surface area contributed by atoms with Gasteiger partial charge in [0.15, 0.2) is 0 Å². The van der Waals surface area contributed by atoms with Crippen LogP contribution in [0.4, 0.5) is 0 Å². The Morgan fingerprint density at radius 3 is 2.79 bits per heavy atom. The highest BCUT2D eigenvalue weighted by molar-refractivity contribution is 5.98. The number of pyridine rings is 1. The number of carbonyl (C=O) groups excluding carboxylic acids is 1. The Balaban J connectivity index is 1.92. The molecule has 0 spiro atoms. The van der Waals surface area contributed by atoms with Crippen LogP contribution in [0.2, 0.25) is 0 Å². The number of nitrogens with one attached hydrogen (secondary N) is 1. The van der Waals surface area contributed by atoms with E-state index in [2.05, 4.69) is 5.32 Å². The van der Waals surface area contributed by atoms with Gasteiger partial charge in [-0.15, -0.1) is 0 Å². The maximum atomic E-state index is 13.1. The second-order valence-corrected chi connectivity index (χ2v) is 6.52. The van der Waals surface area contributed by atoms with Crippen molar-refractivity contribution in [3.63, 3.8) is 0 Å². The van der Waals surface area contributed by atoms with Gasteiger partial charge in [-0.3, -0.25) is 9.59 Å². The van der Waals surface area contributed by atoms with E-state index in [1.807, 2.05) is 24.3 Å². The minimum absolute atomic E-state index is 0.209. The number of benzene rings is 1. The summed E-state index contributed by atoms with van der Waals surface area (Å²) in [6, 6.07) is 8.85. The van der Waals surface area contributed by atoms with Crippen molar-refractivity contribution < 1.29 is 23.7 Å². The highest BCUT2D eigenvalue weighted by Crippen LogP contribution is 2.23. The van der Waals surface area contributed by atoms with Gasteiger partial charge < -0.3 is 28.8 Å². The Morgan fingerprint density at radius 2 is 2.00 bits per heavy atom. The molecular formula is C21H26N2O6. The lowest BCUT2D eigenvalue weighted by Gasteiger charge is -2.18. The van der Waals surface area contributed by atoms with E-state index in [1.165, 1.54) is 6.07 Å².